The molecule has 0 aliphatic heterocycles. The number of carbonyl (C=O) groups excluding carboxylic acids is 1. The standard InChI is InChI=1S/C10H13NO4/c1-13-7-4-6(10(11)12)5-8(14-2)9(7)15-3/h4-5H,1-3H3,(H2,11,12)/i3D3. The maximum absolute atomic E-state index is 11.1. The van der Waals surface area contributed by atoms with Gasteiger partial charge in [0.25, 0.3) is 0 Å². The van der Waals surface area contributed by atoms with Gasteiger partial charge in [-0.3, -0.25) is 4.79 Å². The fourth-order valence-corrected chi connectivity index (χ4v) is 1.12. The van der Waals surface area contributed by atoms with Crippen LogP contribution in [0.1, 0.15) is 14.5 Å². The zero-order chi connectivity index (χ0) is 13.9. The van der Waals surface area contributed by atoms with Crippen LogP contribution in [-0.2, 0) is 0 Å². The van der Waals surface area contributed by atoms with Crippen molar-refractivity contribution in [2.24, 2.45) is 5.73 Å². The fourth-order valence-electron chi connectivity index (χ4n) is 1.12. The molecule has 0 saturated carbocycles. The van der Waals surface area contributed by atoms with E-state index < -0.39 is 12.9 Å². The van der Waals surface area contributed by atoms with Crippen molar-refractivity contribution in [1.82, 2.24) is 0 Å². The third-order valence-electron chi connectivity index (χ3n) is 1.85. The molecule has 5 heteroatoms. The quantitative estimate of drug-likeness (QED) is 0.805. The van der Waals surface area contributed by atoms with Gasteiger partial charge in [-0.25, -0.2) is 0 Å². The first kappa shape index (κ1) is 7.39. The van der Waals surface area contributed by atoms with Crippen LogP contribution in [0, 0.1) is 0 Å². The van der Waals surface area contributed by atoms with Crippen LogP contribution in [0.5, 0.6) is 17.2 Å². The highest BCUT2D eigenvalue weighted by Gasteiger charge is 2.14. The van der Waals surface area contributed by atoms with Gasteiger partial charge in [0.2, 0.25) is 11.7 Å². The summed E-state index contributed by atoms with van der Waals surface area (Å²) in [5, 5.41) is 0. The highest BCUT2D eigenvalue weighted by Crippen LogP contribution is 2.37. The van der Waals surface area contributed by atoms with E-state index in [1.165, 1.54) is 26.4 Å². The van der Waals surface area contributed by atoms with Crippen molar-refractivity contribution in [2.75, 3.05) is 21.3 Å². The highest BCUT2D eigenvalue weighted by molar-refractivity contribution is 5.94. The lowest BCUT2D eigenvalue weighted by Gasteiger charge is -2.12. The van der Waals surface area contributed by atoms with E-state index >= 15 is 0 Å². The topological polar surface area (TPSA) is 70.8 Å². The van der Waals surface area contributed by atoms with E-state index in [4.69, 9.17) is 24.1 Å². The molecule has 0 bridgehead atoms. The number of carbonyl (C=O) groups is 1. The molecule has 0 saturated heterocycles. The van der Waals surface area contributed by atoms with Crippen LogP contribution in [0.25, 0.3) is 0 Å². The van der Waals surface area contributed by atoms with Gasteiger partial charge >= 0.3 is 0 Å². The molecule has 0 fully saturated rings. The molecule has 0 aliphatic carbocycles. The van der Waals surface area contributed by atoms with Gasteiger partial charge < -0.3 is 19.9 Å². The second-order valence-electron chi connectivity index (χ2n) is 2.68. The molecule has 15 heavy (non-hydrogen) atoms. The first-order chi connectivity index (χ1) is 8.28. The van der Waals surface area contributed by atoms with Gasteiger partial charge in [0, 0.05) is 5.56 Å². The minimum atomic E-state index is -2.66. The molecule has 82 valence electrons. The van der Waals surface area contributed by atoms with E-state index in [1.54, 1.807) is 0 Å². The summed E-state index contributed by atoms with van der Waals surface area (Å²) in [5.41, 5.74) is 5.26. The second kappa shape index (κ2) is 4.54. The summed E-state index contributed by atoms with van der Waals surface area (Å²) < 4.78 is 35.9. The smallest absolute Gasteiger partial charge is 0.248 e. The molecule has 1 aromatic carbocycles. The molecule has 0 spiro atoms. The molecule has 5 nitrogen and oxygen atoms in total. The largest absolute Gasteiger partial charge is 0.493 e. The van der Waals surface area contributed by atoms with Crippen molar-refractivity contribution in [2.45, 2.75) is 0 Å². The number of benzene rings is 1. The molecule has 2 N–H and O–H groups in total. The third kappa shape index (κ3) is 2.12. The van der Waals surface area contributed by atoms with Crippen LogP contribution < -0.4 is 19.9 Å². The lowest BCUT2D eigenvalue weighted by molar-refractivity contribution is 0.0999. The van der Waals surface area contributed by atoms with E-state index in [-0.39, 0.29) is 22.8 Å². The van der Waals surface area contributed by atoms with Crippen LogP contribution >= 0.6 is 0 Å². The number of primary amides is 1. The van der Waals surface area contributed by atoms with Crippen molar-refractivity contribution in [3.8, 4) is 17.2 Å². The number of ether oxygens (including phenoxy) is 3. The number of rotatable bonds is 4. The molecule has 0 radical (unpaired) electrons. The predicted octanol–water partition coefficient (Wildman–Crippen LogP) is 0.811. The van der Waals surface area contributed by atoms with Crippen LogP contribution in [0.4, 0.5) is 0 Å². The minimum absolute atomic E-state index is 0.0549. The van der Waals surface area contributed by atoms with Gasteiger partial charge in [0.1, 0.15) is 0 Å². The Balaban J connectivity index is 3.34. The van der Waals surface area contributed by atoms with Gasteiger partial charge in [0.05, 0.1) is 25.4 Å². The minimum Gasteiger partial charge on any atom is -0.493 e. The number of methoxy groups -OCH3 is 3. The van der Waals surface area contributed by atoms with Crippen LogP contribution in [0.15, 0.2) is 12.1 Å². The van der Waals surface area contributed by atoms with Crippen molar-refractivity contribution < 1.29 is 23.1 Å². The Kier molecular flexibility index (Phi) is 2.24. The lowest BCUT2D eigenvalue weighted by Crippen LogP contribution is -2.11. The van der Waals surface area contributed by atoms with Crippen LogP contribution in [0.3, 0.4) is 0 Å². The number of hydrogen-bond acceptors (Lipinski definition) is 4. The molecule has 0 heterocycles. The monoisotopic (exact) mass is 214 g/mol. The van der Waals surface area contributed by atoms with E-state index in [0.29, 0.717) is 0 Å². The van der Waals surface area contributed by atoms with Crippen molar-refractivity contribution in [1.29, 1.82) is 0 Å². The maximum Gasteiger partial charge on any atom is 0.248 e. The molecular weight excluding hydrogens is 198 g/mol. The first-order valence-corrected chi connectivity index (χ1v) is 4.03. The second-order valence-corrected chi connectivity index (χ2v) is 2.68. The summed E-state index contributed by atoms with van der Waals surface area (Å²) in [6.45, 7) is 0. The van der Waals surface area contributed by atoms with Crippen LogP contribution in [-0.4, -0.2) is 27.2 Å². The lowest BCUT2D eigenvalue weighted by atomic mass is 10.1. The normalized spacial score (nSPS) is 13.3. The molecule has 1 rings (SSSR count). The SMILES string of the molecule is [2H]C([2H])([2H])Oc1c(OC)cc(C(N)=O)cc1OC. The van der Waals surface area contributed by atoms with E-state index in [0.717, 1.165) is 0 Å². The summed E-state index contributed by atoms with van der Waals surface area (Å²) in [5.74, 6) is -0.685. The van der Waals surface area contributed by atoms with Crippen molar-refractivity contribution >= 4 is 5.91 Å². The molecular formula is C10H13NO4. The first-order valence-electron chi connectivity index (χ1n) is 5.53. The Bertz CT molecular complexity index is 434. The molecule has 0 atom stereocenters. The van der Waals surface area contributed by atoms with Gasteiger partial charge in [0.15, 0.2) is 11.5 Å². The molecule has 1 aromatic rings. The predicted molar refractivity (Wildman–Crippen MR) is 54.6 cm³/mol. The average Bonchev–Trinajstić information content (AvgIpc) is 2.26. The zero-order valence-corrected chi connectivity index (χ0v) is 8.37. The van der Waals surface area contributed by atoms with Crippen molar-refractivity contribution in [3.05, 3.63) is 17.7 Å². The molecule has 1 amide bonds. The Labute approximate surface area is 91.9 Å². The van der Waals surface area contributed by atoms with E-state index in [2.05, 4.69) is 0 Å². The van der Waals surface area contributed by atoms with Crippen molar-refractivity contribution in [3.63, 3.8) is 0 Å². The zero-order valence-electron chi connectivity index (χ0n) is 11.4. The highest BCUT2D eigenvalue weighted by atomic mass is 16.5. The summed E-state index contributed by atoms with van der Waals surface area (Å²) in [6, 6.07) is 2.57. The van der Waals surface area contributed by atoms with Crippen LogP contribution in [0.2, 0.25) is 0 Å². The Morgan fingerprint density at radius 1 is 1.27 bits per heavy atom. The Morgan fingerprint density at radius 2 is 1.80 bits per heavy atom. The Hall–Kier alpha value is -1.91. The number of hydrogen-bond donors (Lipinski definition) is 1. The number of nitrogens with two attached hydrogens (primary N) is 1. The third-order valence-corrected chi connectivity index (χ3v) is 1.85. The Morgan fingerprint density at radius 3 is 2.13 bits per heavy atom. The summed E-state index contributed by atoms with van der Waals surface area (Å²) in [4.78, 5) is 11.1. The summed E-state index contributed by atoms with van der Waals surface area (Å²) in [6.07, 6.45) is 0. The molecule has 0 aliphatic rings. The molecule has 0 unspecified atom stereocenters. The summed E-state index contributed by atoms with van der Waals surface area (Å²) >= 11 is 0. The van der Waals surface area contributed by atoms with Gasteiger partial charge in [-0.15, -0.1) is 0 Å². The average molecular weight is 214 g/mol. The van der Waals surface area contributed by atoms with Gasteiger partial charge in [-0.05, 0) is 12.1 Å². The summed E-state index contributed by atoms with van der Waals surface area (Å²) in [7, 11) is -0.0351. The van der Waals surface area contributed by atoms with E-state index in [1.807, 2.05) is 0 Å². The fraction of sp³-hybridized carbons (Fsp3) is 0.300. The number of amides is 1. The molecule has 0 aromatic heterocycles. The maximum atomic E-state index is 11.1. The van der Waals surface area contributed by atoms with Gasteiger partial charge in [-0.2, -0.15) is 0 Å². The van der Waals surface area contributed by atoms with E-state index in [9.17, 15) is 4.79 Å². The van der Waals surface area contributed by atoms with Gasteiger partial charge in [-0.1, -0.05) is 0 Å².